The van der Waals surface area contributed by atoms with Crippen molar-refractivity contribution in [1.82, 2.24) is 19.9 Å². The normalized spacial score (nSPS) is 10.2. The van der Waals surface area contributed by atoms with Gasteiger partial charge in [0.1, 0.15) is 6.54 Å². The number of hydrogen-bond donors (Lipinski definition) is 1. The van der Waals surface area contributed by atoms with Crippen LogP contribution in [0.25, 0.3) is 5.69 Å². The summed E-state index contributed by atoms with van der Waals surface area (Å²) in [5.41, 5.74) is 0.877. The van der Waals surface area contributed by atoms with E-state index in [4.69, 9.17) is 5.11 Å². The fourth-order valence-corrected chi connectivity index (χ4v) is 1.54. The Morgan fingerprint density at radius 2 is 2.00 bits per heavy atom. The lowest BCUT2D eigenvalue weighted by atomic mass is 10.3. The lowest BCUT2D eigenvalue weighted by Crippen LogP contribution is -2.32. The zero-order valence-electron chi connectivity index (χ0n) is 10.2. The molecule has 1 aromatic carbocycles. The Morgan fingerprint density at radius 3 is 2.63 bits per heavy atom. The maximum atomic E-state index is 11.9. The van der Waals surface area contributed by atoms with Gasteiger partial charge in [0.25, 0.3) is 5.91 Å². The van der Waals surface area contributed by atoms with Gasteiger partial charge in [0.15, 0.2) is 5.69 Å². The van der Waals surface area contributed by atoms with E-state index in [0.717, 1.165) is 10.6 Å². The van der Waals surface area contributed by atoms with E-state index in [9.17, 15) is 9.59 Å². The van der Waals surface area contributed by atoms with Gasteiger partial charge >= 0.3 is 5.97 Å². The number of hydrogen-bond acceptors (Lipinski definition) is 4. The van der Waals surface area contributed by atoms with Crippen LogP contribution in [0.3, 0.4) is 0 Å². The van der Waals surface area contributed by atoms with Gasteiger partial charge in [0, 0.05) is 7.05 Å². The van der Waals surface area contributed by atoms with Gasteiger partial charge in [-0.05, 0) is 12.1 Å². The molecule has 0 unspecified atom stereocenters. The maximum Gasteiger partial charge on any atom is 0.323 e. The predicted octanol–water partition coefficient (Wildman–Crippen LogP) is 0.424. The fraction of sp³-hybridized carbons (Fsp3) is 0.167. The zero-order chi connectivity index (χ0) is 13.8. The monoisotopic (exact) mass is 260 g/mol. The molecule has 0 atom stereocenters. The third-order valence-electron chi connectivity index (χ3n) is 2.45. The number of nitrogens with zero attached hydrogens (tertiary/aromatic N) is 4. The molecule has 2 rings (SSSR count). The summed E-state index contributed by atoms with van der Waals surface area (Å²) in [4.78, 5) is 23.5. The summed E-state index contributed by atoms with van der Waals surface area (Å²) in [7, 11) is 1.40. The first-order chi connectivity index (χ1) is 9.08. The fourth-order valence-electron chi connectivity index (χ4n) is 1.54. The van der Waals surface area contributed by atoms with E-state index in [2.05, 4.69) is 10.3 Å². The van der Waals surface area contributed by atoms with Gasteiger partial charge in [-0.15, -0.1) is 5.10 Å². The molecular formula is C12H12N4O3. The molecule has 0 radical (unpaired) electrons. The van der Waals surface area contributed by atoms with Gasteiger partial charge in [-0.1, -0.05) is 23.4 Å². The minimum Gasteiger partial charge on any atom is -0.480 e. The lowest BCUT2D eigenvalue weighted by Gasteiger charge is -2.11. The van der Waals surface area contributed by atoms with Crippen molar-refractivity contribution in [2.75, 3.05) is 13.6 Å². The van der Waals surface area contributed by atoms with Crippen molar-refractivity contribution in [2.45, 2.75) is 0 Å². The lowest BCUT2D eigenvalue weighted by molar-refractivity contribution is -0.137. The summed E-state index contributed by atoms with van der Waals surface area (Å²) >= 11 is 0. The molecule has 0 spiro atoms. The molecule has 0 saturated heterocycles. The highest BCUT2D eigenvalue weighted by Gasteiger charge is 2.17. The van der Waals surface area contributed by atoms with E-state index in [1.807, 2.05) is 30.3 Å². The molecule has 19 heavy (non-hydrogen) atoms. The molecule has 1 N–H and O–H groups in total. The van der Waals surface area contributed by atoms with Gasteiger partial charge in [-0.2, -0.15) is 0 Å². The van der Waals surface area contributed by atoms with Crippen molar-refractivity contribution >= 4 is 11.9 Å². The quantitative estimate of drug-likeness (QED) is 0.860. The summed E-state index contributed by atoms with van der Waals surface area (Å²) < 4.78 is 1.46. The van der Waals surface area contributed by atoms with Crippen LogP contribution in [0.4, 0.5) is 0 Å². The Balaban J connectivity index is 2.17. The van der Waals surface area contributed by atoms with Gasteiger partial charge in [-0.25, -0.2) is 4.68 Å². The summed E-state index contributed by atoms with van der Waals surface area (Å²) in [6.07, 6.45) is 1.47. The Hall–Kier alpha value is -2.70. The SMILES string of the molecule is CN(CC(=O)O)C(=O)c1cn(-c2ccccc2)nn1. The van der Waals surface area contributed by atoms with Crippen LogP contribution in [0.1, 0.15) is 10.5 Å². The van der Waals surface area contributed by atoms with Crippen LogP contribution in [0.2, 0.25) is 0 Å². The van der Waals surface area contributed by atoms with Gasteiger partial charge in [-0.3, -0.25) is 9.59 Å². The largest absolute Gasteiger partial charge is 0.480 e. The molecule has 0 aliphatic rings. The zero-order valence-corrected chi connectivity index (χ0v) is 10.2. The highest BCUT2D eigenvalue weighted by molar-refractivity contribution is 5.93. The van der Waals surface area contributed by atoms with Crippen molar-refractivity contribution in [1.29, 1.82) is 0 Å². The molecule has 0 bridgehead atoms. The van der Waals surface area contributed by atoms with Crippen molar-refractivity contribution in [3.63, 3.8) is 0 Å². The van der Waals surface area contributed by atoms with Crippen LogP contribution in [0.5, 0.6) is 0 Å². The van der Waals surface area contributed by atoms with Crippen molar-refractivity contribution in [3.05, 3.63) is 42.2 Å². The van der Waals surface area contributed by atoms with E-state index in [-0.39, 0.29) is 12.2 Å². The first-order valence-corrected chi connectivity index (χ1v) is 5.53. The molecule has 7 heteroatoms. The number of para-hydroxylation sites is 1. The molecule has 0 saturated carbocycles. The maximum absolute atomic E-state index is 11.9. The average Bonchev–Trinajstić information content (AvgIpc) is 2.87. The Kier molecular flexibility index (Phi) is 3.56. The second-order valence-electron chi connectivity index (χ2n) is 3.94. The van der Waals surface area contributed by atoms with Crippen LogP contribution in [-0.2, 0) is 4.79 Å². The smallest absolute Gasteiger partial charge is 0.323 e. The highest BCUT2D eigenvalue weighted by atomic mass is 16.4. The molecule has 0 aliphatic carbocycles. The number of benzene rings is 1. The summed E-state index contributed by atoms with van der Waals surface area (Å²) in [6, 6.07) is 9.20. The first kappa shape index (κ1) is 12.7. The number of carbonyl (C=O) groups excluding carboxylic acids is 1. The number of aromatic nitrogens is 3. The van der Waals surface area contributed by atoms with Gasteiger partial charge in [0.2, 0.25) is 0 Å². The number of likely N-dealkylation sites (N-methyl/N-ethyl adjacent to an activating group) is 1. The predicted molar refractivity (Wildman–Crippen MR) is 66.0 cm³/mol. The van der Waals surface area contributed by atoms with Crippen molar-refractivity contribution < 1.29 is 14.7 Å². The topological polar surface area (TPSA) is 88.3 Å². The third-order valence-corrected chi connectivity index (χ3v) is 2.45. The van der Waals surface area contributed by atoms with Crippen LogP contribution < -0.4 is 0 Å². The van der Waals surface area contributed by atoms with E-state index >= 15 is 0 Å². The molecule has 7 nitrogen and oxygen atoms in total. The number of carbonyl (C=O) groups is 2. The molecule has 2 aromatic rings. The standard InChI is InChI=1S/C12H12N4O3/c1-15(8-11(17)18)12(19)10-7-16(14-13-10)9-5-3-2-4-6-9/h2-7H,8H2,1H3,(H,17,18). The average molecular weight is 260 g/mol. The minimum atomic E-state index is -1.08. The van der Waals surface area contributed by atoms with Crippen LogP contribution in [0, 0.1) is 0 Å². The third kappa shape index (κ3) is 2.95. The van der Waals surface area contributed by atoms with Crippen LogP contribution >= 0.6 is 0 Å². The van der Waals surface area contributed by atoms with E-state index < -0.39 is 11.9 Å². The Labute approximate surface area is 109 Å². The Bertz CT molecular complexity index is 594. The molecular weight excluding hydrogens is 248 g/mol. The molecule has 98 valence electrons. The van der Waals surface area contributed by atoms with Crippen LogP contribution in [-0.4, -0.2) is 50.5 Å². The van der Waals surface area contributed by atoms with E-state index in [1.54, 1.807) is 0 Å². The molecule has 1 heterocycles. The molecule has 1 aromatic heterocycles. The van der Waals surface area contributed by atoms with Crippen molar-refractivity contribution in [3.8, 4) is 5.69 Å². The first-order valence-electron chi connectivity index (χ1n) is 5.53. The second kappa shape index (κ2) is 5.30. The number of carboxylic acids is 1. The Morgan fingerprint density at radius 1 is 1.32 bits per heavy atom. The second-order valence-corrected chi connectivity index (χ2v) is 3.94. The van der Waals surface area contributed by atoms with Crippen molar-refractivity contribution in [2.24, 2.45) is 0 Å². The number of carboxylic acid groups (broad SMARTS) is 1. The molecule has 1 amide bonds. The van der Waals surface area contributed by atoms with Gasteiger partial charge in [0.05, 0.1) is 11.9 Å². The summed E-state index contributed by atoms with van der Waals surface area (Å²) in [6.45, 7) is -0.378. The molecule has 0 aliphatic heterocycles. The van der Waals surface area contributed by atoms with E-state index in [1.165, 1.54) is 17.9 Å². The number of rotatable bonds is 4. The minimum absolute atomic E-state index is 0.104. The van der Waals surface area contributed by atoms with Gasteiger partial charge < -0.3 is 10.0 Å². The number of amides is 1. The summed E-state index contributed by atoms with van der Waals surface area (Å²) in [5, 5.41) is 16.2. The van der Waals surface area contributed by atoms with Crippen LogP contribution in [0.15, 0.2) is 36.5 Å². The van der Waals surface area contributed by atoms with E-state index in [0.29, 0.717) is 0 Å². The highest BCUT2D eigenvalue weighted by Crippen LogP contribution is 2.06. The molecule has 0 fully saturated rings. The number of aliphatic carboxylic acids is 1. The summed E-state index contributed by atoms with van der Waals surface area (Å²) in [5.74, 6) is -1.56.